The number of carbonyl (C=O) groups excluding carboxylic acids is 1. The third kappa shape index (κ3) is 5.57. The zero-order valence-electron chi connectivity index (χ0n) is 22.9. The minimum Gasteiger partial charge on any atom is -0.496 e. The lowest BCUT2D eigenvalue weighted by molar-refractivity contribution is -0.115. The number of benzene rings is 3. The Morgan fingerprint density at radius 3 is 1.38 bits per heavy atom. The molecule has 0 saturated heterocycles. The lowest BCUT2D eigenvalue weighted by Gasteiger charge is -2.14. The van der Waals surface area contributed by atoms with Crippen molar-refractivity contribution in [3.63, 3.8) is 0 Å². The van der Waals surface area contributed by atoms with E-state index in [4.69, 9.17) is 37.9 Å². The predicted octanol–water partition coefficient (Wildman–Crippen LogP) is 5.47. The maximum absolute atomic E-state index is 13.9. The highest BCUT2D eigenvalue weighted by atomic mass is 16.5. The number of methoxy groups -OCH3 is 6. The summed E-state index contributed by atoms with van der Waals surface area (Å²) < 4.78 is 45.0. The van der Waals surface area contributed by atoms with Crippen LogP contribution in [0.25, 0.3) is 12.2 Å². The van der Waals surface area contributed by atoms with Crippen molar-refractivity contribution in [2.45, 2.75) is 6.92 Å². The molecule has 0 radical (unpaired) electrons. The number of rotatable bonds is 8. The van der Waals surface area contributed by atoms with Gasteiger partial charge in [-0.2, -0.15) is 0 Å². The molecule has 0 saturated carbocycles. The minimum atomic E-state index is -0.502. The van der Waals surface area contributed by atoms with Crippen LogP contribution >= 0.6 is 0 Å². The summed E-state index contributed by atoms with van der Waals surface area (Å²) in [5.41, 5.74) is 2.01. The second kappa shape index (κ2) is 11.7. The standard InChI is InChI=1S/C30H30O9/c1-17-8-9-20-27(10-17)39-29(14-19-12-24(35-5)26(37-7)16-22(19)33-3)30(31)28(38-20)13-18-11-23(34-4)25(36-6)15-21(18)32-2/h8-16H,1-7H3. The molecule has 0 amide bonds. The first kappa shape index (κ1) is 27.3. The van der Waals surface area contributed by atoms with E-state index in [2.05, 4.69) is 0 Å². The summed E-state index contributed by atoms with van der Waals surface area (Å²) in [6.45, 7) is 1.92. The van der Waals surface area contributed by atoms with Crippen molar-refractivity contribution in [2.75, 3.05) is 42.7 Å². The van der Waals surface area contributed by atoms with Crippen LogP contribution in [0.4, 0.5) is 0 Å². The van der Waals surface area contributed by atoms with Gasteiger partial charge in [0.1, 0.15) is 11.5 Å². The van der Waals surface area contributed by atoms with E-state index in [1.807, 2.05) is 13.0 Å². The molecule has 9 heteroatoms. The van der Waals surface area contributed by atoms with Gasteiger partial charge in [-0.1, -0.05) is 6.07 Å². The molecule has 9 nitrogen and oxygen atoms in total. The number of ether oxygens (including phenoxy) is 8. The first-order chi connectivity index (χ1) is 18.8. The molecule has 0 atom stereocenters. The van der Waals surface area contributed by atoms with E-state index < -0.39 is 5.78 Å². The Morgan fingerprint density at radius 2 is 0.949 bits per heavy atom. The summed E-state index contributed by atoms with van der Waals surface area (Å²) in [5, 5.41) is 0. The van der Waals surface area contributed by atoms with Crippen LogP contribution in [0.15, 0.2) is 54.0 Å². The normalized spacial score (nSPS) is 14.6. The molecule has 0 unspecified atom stereocenters. The van der Waals surface area contributed by atoms with Gasteiger partial charge >= 0.3 is 0 Å². The molecule has 1 aliphatic heterocycles. The number of hydrogen-bond acceptors (Lipinski definition) is 9. The highest BCUT2D eigenvalue weighted by Gasteiger charge is 2.28. The fourth-order valence-electron chi connectivity index (χ4n) is 4.03. The first-order valence-corrected chi connectivity index (χ1v) is 11.9. The quantitative estimate of drug-likeness (QED) is 0.349. The summed E-state index contributed by atoms with van der Waals surface area (Å²) >= 11 is 0. The van der Waals surface area contributed by atoms with Crippen LogP contribution in [0.1, 0.15) is 16.7 Å². The monoisotopic (exact) mass is 534 g/mol. The highest BCUT2D eigenvalue weighted by molar-refractivity contribution is 6.12. The number of Topliss-reactive ketones (excluding diaryl/α,β-unsaturated/α-hetero) is 1. The Hall–Kier alpha value is -4.79. The lowest BCUT2D eigenvalue weighted by atomic mass is 10.1. The smallest absolute Gasteiger partial charge is 0.263 e. The van der Waals surface area contributed by atoms with Gasteiger partial charge in [0.2, 0.25) is 0 Å². The van der Waals surface area contributed by atoms with Crippen molar-refractivity contribution in [2.24, 2.45) is 0 Å². The van der Waals surface area contributed by atoms with E-state index in [1.165, 1.54) is 42.7 Å². The molecule has 3 aromatic carbocycles. The zero-order chi connectivity index (χ0) is 28.1. The van der Waals surface area contributed by atoms with Gasteiger partial charge in [0.15, 0.2) is 46.0 Å². The molecule has 0 fully saturated rings. The van der Waals surface area contributed by atoms with Crippen LogP contribution in [0.5, 0.6) is 46.0 Å². The molecule has 0 spiro atoms. The van der Waals surface area contributed by atoms with Crippen LogP contribution in [0.2, 0.25) is 0 Å². The third-order valence-electron chi connectivity index (χ3n) is 6.03. The SMILES string of the molecule is COc1cc(OC)c(OC)cc1C=C1Oc2ccc(C)cc2OC(=Cc2cc(OC)c(OC)cc2OC)C1=O. The van der Waals surface area contributed by atoms with Crippen LogP contribution in [-0.4, -0.2) is 48.4 Å². The average molecular weight is 535 g/mol. The molecule has 0 aromatic heterocycles. The van der Waals surface area contributed by atoms with Gasteiger partial charge in [-0.25, -0.2) is 0 Å². The highest BCUT2D eigenvalue weighted by Crippen LogP contribution is 2.40. The van der Waals surface area contributed by atoms with Gasteiger partial charge in [0.05, 0.1) is 42.7 Å². The summed E-state index contributed by atoms with van der Waals surface area (Å²) in [6.07, 6.45) is 3.14. The van der Waals surface area contributed by atoms with Crippen molar-refractivity contribution in [3.05, 3.63) is 70.7 Å². The van der Waals surface area contributed by atoms with Crippen molar-refractivity contribution < 1.29 is 42.7 Å². The molecular weight excluding hydrogens is 504 g/mol. The van der Waals surface area contributed by atoms with Gasteiger partial charge in [-0.3, -0.25) is 4.79 Å². The van der Waals surface area contributed by atoms with Crippen LogP contribution in [0.3, 0.4) is 0 Å². The molecular formula is C30H30O9. The summed E-state index contributed by atoms with van der Waals surface area (Å²) in [7, 11) is 9.16. The maximum Gasteiger partial charge on any atom is 0.263 e. The van der Waals surface area contributed by atoms with Gasteiger partial charge in [-0.05, 0) is 48.9 Å². The lowest BCUT2D eigenvalue weighted by Crippen LogP contribution is -2.12. The number of carbonyl (C=O) groups is 1. The summed E-state index contributed by atoms with van der Waals surface area (Å²) in [6, 6.07) is 12.2. The molecule has 3 aromatic rings. The van der Waals surface area contributed by atoms with Crippen molar-refractivity contribution >= 4 is 17.9 Å². The fourth-order valence-corrected chi connectivity index (χ4v) is 4.03. The first-order valence-electron chi connectivity index (χ1n) is 11.9. The Balaban J connectivity index is 1.91. The number of fused-ring (bicyclic) bond motifs is 1. The Labute approximate surface area is 227 Å². The van der Waals surface area contributed by atoms with Crippen LogP contribution in [-0.2, 0) is 4.79 Å². The molecule has 4 rings (SSSR count). The summed E-state index contributed by atoms with van der Waals surface area (Å²) in [5.74, 6) is 3.08. The molecule has 1 heterocycles. The number of aryl methyl sites for hydroxylation is 1. The predicted molar refractivity (Wildman–Crippen MR) is 146 cm³/mol. The van der Waals surface area contributed by atoms with E-state index in [1.54, 1.807) is 48.6 Å². The zero-order valence-corrected chi connectivity index (χ0v) is 22.9. The largest absolute Gasteiger partial charge is 0.496 e. The van der Waals surface area contributed by atoms with Gasteiger partial charge < -0.3 is 37.9 Å². The van der Waals surface area contributed by atoms with Gasteiger partial charge in [0, 0.05) is 23.3 Å². The maximum atomic E-state index is 13.9. The molecule has 0 bridgehead atoms. The second-order valence-electron chi connectivity index (χ2n) is 8.40. The minimum absolute atomic E-state index is 0.00816. The molecule has 39 heavy (non-hydrogen) atoms. The average Bonchev–Trinajstić information content (AvgIpc) is 3.08. The second-order valence-corrected chi connectivity index (χ2v) is 8.40. The van der Waals surface area contributed by atoms with Gasteiger partial charge in [0.25, 0.3) is 5.78 Å². The van der Waals surface area contributed by atoms with Crippen LogP contribution in [0, 0.1) is 6.92 Å². The topological polar surface area (TPSA) is 90.9 Å². The Bertz CT molecular complexity index is 1450. The van der Waals surface area contributed by atoms with Crippen molar-refractivity contribution in [1.29, 1.82) is 0 Å². The third-order valence-corrected chi connectivity index (χ3v) is 6.03. The van der Waals surface area contributed by atoms with Gasteiger partial charge in [-0.15, -0.1) is 0 Å². The van der Waals surface area contributed by atoms with Crippen molar-refractivity contribution in [1.82, 2.24) is 0 Å². The van der Waals surface area contributed by atoms with E-state index in [9.17, 15) is 4.79 Å². The molecule has 0 N–H and O–H groups in total. The summed E-state index contributed by atoms with van der Waals surface area (Å²) in [4.78, 5) is 13.9. The molecule has 1 aliphatic rings. The fraction of sp³-hybridized carbons (Fsp3) is 0.233. The van der Waals surface area contributed by atoms with E-state index in [0.717, 1.165) is 5.56 Å². The molecule has 0 aliphatic carbocycles. The Morgan fingerprint density at radius 1 is 0.538 bits per heavy atom. The van der Waals surface area contributed by atoms with E-state index in [-0.39, 0.29) is 11.5 Å². The number of ketones is 1. The number of hydrogen-bond donors (Lipinski definition) is 0. The van der Waals surface area contributed by atoms with E-state index >= 15 is 0 Å². The Kier molecular flexibility index (Phi) is 8.19. The van der Waals surface area contributed by atoms with Crippen molar-refractivity contribution in [3.8, 4) is 46.0 Å². The molecule has 204 valence electrons. The van der Waals surface area contributed by atoms with Crippen LogP contribution < -0.4 is 37.9 Å². The van der Waals surface area contributed by atoms with E-state index in [0.29, 0.717) is 57.1 Å².